The summed E-state index contributed by atoms with van der Waals surface area (Å²) >= 11 is 3.29. The lowest BCUT2D eigenvalue weighted by Gasteiger charge is -2.13. The van der Waals surface area contributed by atoms with Crippen molar-refractivity contribution in [1.82, 2.24) is 15.3 Å². The fourth-order valence-electron chi connectivity index (χ4n) is 2.42. The van der Waals surface area contributed by atoms with E-state index in [9.17, 15) is 13.6 Å². The normalized spacial score (nSPS) is 11.1. The van der Waals surface area contributed by atoms with E-state index >= 15 is 0 Å². The molecule has 0 aliphatic carbocycles. The Morgan fingerprint density at radius 2 is 1.74 bits per heavy atom. The molecule has 1 aromatic heterocycles. The molecule has 0 bridgehead atoms. The summed E-state index contributed by atoms with van der Waals surface area (Å²) in [6.07, 6.45) is 1.02. The number of oxime groups is 1. The van der Waals surface area contributed by atoms with Gasteiger partial charge in [-0.25, -0.2) is 4.39 Å². The van der Waals surface area contributed by atoms with Crippen molar-refractivity contribution in [3.8, 4) is 23.3 Å². The Labute approximate surface area is 184 Å². The number of hydrogen-bond acceptors (Lipinski definition) is 7. The molecule has 1 heterocycles. The molecule has 0 unspecified atom stereocenters. The summed E-state index contributed by atoms with van der Waals surface area (Å²) in [6, 6.07) is 10.1. The number of likely N-dealkylation sites (N-methyl/N-ethyl adjacent to an activating group) is 1. The van der Waals surface area contributed by atoms with E-state index in [1.807, 2.05) is 0 Å². The molecule has 3 aromatic rings. The molecule has 0 fully saturated rings. The third kappa shape index (κ3) is 5.12. The molecular weight excluding hydrogens is 478 g/mol. The third-order valence-corrected chi connectivity index (χ3v) is 4.45. The number of rotatable bonds is 7. The van der Waals surface area contributed by atoms with Crippen molar-refractivity contribution < 1.29 is 27.9 Å². The van der Waals surface area contributed by atoms with Gasteiger partial charge >= 0.3 is 0 Å². The molecule has 0 saturated heterocycles. The van der Waals surface area contributed by atoms with E-state index in [4.69, 9.17) is 14.3 Å². The smallest absolute Gasteiger partial charge is 0.273 e. The van der Waals surface area contributed by atoms with E-state index in [0.29, 0.717) is 10.2 Å². The Hall–Kier alpha value is -3.60. The van der Waals surface area contributed by atoms with Crippen LogP contribution >= 0.6 is 15.9 Å². The van der Waals surface area contributed by atoms with Crippen LogP contribution in [-0.4, -0.2) is 35.7 Å². The first-order chi connectivity index (χ1) is 14.9. The van der Waals surface area contributed by atoms with Crippen LogP contribution in [-0.2, 0) is 9.63 Å². The summed E-state index contributed by atoms with van der Waals surface area (Å²) in [5.74, 6) is -3.20. The van der Waals surface area contributed by atoms with Gasteiger partial charge in [0.2, 0.25) is 5.82 Å². The second-order valence-electron chi connectivity index (χ2n) is 5.77. The fraction of sp³-hybridized carbons (Fsp3) is 0.100. The van der Waals surface area contributed by atoms with E-state index in [2.05, 4.69) is 36.4 Å². The van der Waals surface area contributed by atoms with Crippen LogP contribution in [0.4, 0.5) is 8.78 Å². The van der Waals surface area contributed by atoms with Crippen molar-refractivity contribution in [2.24, 2.45) is 5.16 Å². The van der Waals surface area contributed by atoms with E-state index < -0.39 is 29.3 Å². The standard InChI is InChI=1S/C20H15BrF2N4O4/c1-24-18(28)17(27-29-2)12-8-7-11(22)9-15(12)31-20-16(23)19(25-10-26-20)30-14-6-4-3-5-13(14)21/h3-10H,1-2H3,(H,24,28). The van der Waals surface area contributed by atoms with Crippen LogP contribution in [0.25, 0.3) is 0 Å². The van der Waals surface area contributed by atoms with E-state index in [-0.39, 0.29) is 17.0 Å². The minimum absolute atomic E-state index is 0.0499. The molecule has 0 spiro atoms. The second kappa shape index (κ2) is 9.94. The first-order valence-electron chi connectivity index (χ1n) is 8.68. The largest absolute Gasteiger partial charge is 0.435 e. The molecule has 0 aliphatic rings. The molecule has 3 rings (SSSR count). The van der Waals surface area contributed by atoms with Crippen molar-refractivity contribution in [1.29, 1.82) is 0 Å². The molecule has 11 heteroatoms. The Kier molecular flexibility index (Phi) is 7.08. The zero-order chi connectivity index (χ0) is 22.4. The monoisotopic (exact) mass is 492 g/mol. The van der Waals surface area contributed by atoms with Crippen LogP contribution in [0.15, 0.2) is 58.4 Å². The van der Waals surface area contributed by atoms with Crippen LogP contribution in [0.1, 0.15) is 5.56 Å². The van der Waals surface area contributed by atoms with Crippen LogP contribution < -0.4 is 14.8 Å². The van der Waals surface area contributed by atoms with Crippen molar-refractivity contribution >= 4 is 27.5 Å². The lowest BCUT2D eigenvalue weighted by Crippen LogP contribution is -2.29. The molecular formula is C20H15BrF2N4O4. The van der Waals surface area contributed by atoms with E-state index in [0.717, 1.165) is 18.5 Å². The first-order valence-corrected chi connectivity index (χ1v) is 9.47. The first kappa shape index (κ1) is 22.1. The lowest BCUT2D eigenvalue weighted by molar-refractivity contribution is -0.114. The van der Waals surface area contributed by atoms with Crippen molar-refractivity contribution in [3.63, 3.8) is 0 Å². The number of aromatic nitrogens is 2. The zero-order valence-electron chi connectivity index (χ0n) is 16.2. The predicted octanol–water partition coefficient (Wildman–Crippen LogP) is 4.20. The maximum absolute atomic E-state index is 15.0. The number of carbonyl (C=O) groups excluding carboxylic acids is 1. The van der Waals surface area contributed by atoms with Gasteiger partial charge in [0.05, 0.1) is 10.0 Å². The highest BCUT2D eigenvalue weighted by molar-refractivity contribution is 9.10. The molecule has 0 aliphatic heterocycles. The molecule has 1 N–H and O–H groups in total. The molecule has 160 valence electrons. The summed E-state index contributed by atoms with van der Waals surface area (Å²) in [7, 11) is 2.62. The Bertz CT molecular complexity index is 1140. The van der Waals surface area contributed by atoms with Crippen molar-refractivity contribution in [2.45, 2.75) is 0 Å². The summed E-state index contributed by atoms with van der Waals surface area (Å²) in [4.78, 5) is 24.4. The number of para-hydroxylation sites is 1. The molecule has 1 amide bonds. The van der Waals surface area contributed by atoms with E-state index in [1.54, 1.807) is 24.3 Å². The Morgan fingerprint density at radius 1 is 1.06 bits per heavy atom. The highest BCUT2D eigenvalue weighted by atomic mass is 79.9. The molecule has 31 heavy (non-hydrogen) atoms. The number of amides is 1. The van der Waals surface area contributed by atoms with Gasteiger partial charge in [-0.05, 0) is 40.2 Å². The summed E-state index contributed by atoms with van der Waals surface area (Å²) in [5, 5.41) is 6.03. The Morgan fingerprint density at radius 3 is 2.39 bits per heavy atom. The van der Waals surface area contributed by atoms with Gasteiger partial charge in [0.1, 0.15) is 30.8 Å². The highest BCUT2D eigenvalue weighted by Gasteiger charge is 2.22. The minimum Gasteiger partial charge on any atom is -0.435 e. The van der Waals surface area contributed by atoms with Gasteiger partial charge in [0.15, 0.2) is 5.71 Å². The summed E-state index contributed by atoms with van der Waals surface area (Å²) in [6.45, 7) is 0. The lowest BCUT2D eigenvalue weighted by atomic mass is 10.1. The SMILES string of the molecule is CNC(=O)C(=NOC)c1ccc(F)cc1Oc1ncnc(Oc2ccccc2Br)c1F. The summed E-state index contributed by atoms with van der Waals surface area (Å²) < 4.78 is 40.4. The van der Waals surface area contributed by atoms with Gasteiger partial charge < -0.3 is 19.6 Å². The molecule has 2 aromatic carbocycles. The number of ether oxygens (including phenoxy) is 2. The average molecular weight is 493 g/mol. The zero-order valence-corrected chi connectivity index (χ0v) is 17.8. The van der Waals surface area contributed by atoms with Gasteiger partial charge in [-0.1, -0.05) is 17.3 Å². The number of carbonyl (C=O) groups is 1. The Balaban J connectivity index is 2.00. The molecule has 8 nitrogen and oxygen atoms in total. The van der Waals surface area contributed by atoms with Gasteiger partial charge in [0, 0.05) is 13.1 Å². The molecule has 0 saturated carbocycles. The molecule has 0 radical (unpaired) electrons. The number of halogens is 3. The number of benzene rings is 2. The fourth-order valence-corrected chi connectivity index (χ4v) is 2.78. The summed E-state index contributed by atoms with van der Waals surface area (Å²) in [5.41, 5.74) is -0.159. The van der Waals surface area contributed by atoms with Gasteiger partial charge in [0.25, 0.3) is 17.7 Å². The van der Waals surface area contributed by atoms with Gasteiger partial charge in [-0.15, -0.1) is 0 Å². The van der Waals surface area contributed by atoms with Crippen LogP contribution in [0.2, 0.25) is 0 Å². The quantitative estimate of drug-likeness (QED) is 0.392. The second-order valence-corrected chi connectivity index (χ2v) is 6.63. The van der Waals surface area contributed by atoms with Crippen LogP contribution in [0, 0.1) is 11.6 Å². The maximum atomic E-state index is 15.0. The number of nitrogens with zero attached hydrogens (tertiary/aromatic N) is 3. The molecule has 0 atom stereocenters. The van der Waals surface area contributed by atoms with Crippen LogP contribution in [0.5, 0.6) is 23.3 Å². The highest BCUT2D eigenvalue weighted by Crippen LogP contribution is 2.34. The third-order valence-electron chi connectivity index (χ3n) is 3.80. The number of hydrogen-bond donors (Lipinski definition) is 1. The average Bonchev–Trinajstić information content (AvgIpc) is 2.76. The van der Waals surface area contributed by atoms with Gasteiger partial charge in [-0.2, -0.15) is 14.4 Å². The van der Waals surface area contributed by atoms with Crippen LogP contribution in [0.3, 0.4) is 0 Å². The number of nitrogens with one attached hydrogen (secondary N) is 1. The topological polar surface area (TPSA) is 94.9 Å². The van der Waals surface area contributed by atoms with Crippen molar-refractivity contribution in [2.75, 3.05) is 14.2 Å². The van der Waals surface area contributed by atoms with E-state index in [1.165, 1.54) is 20.2 Å². The van der Waals surface area contributed by atoms with Crippen molar-refractivity contribution in [3.05, 3.63) is 70.5 Å². The van der Waals surface area contributed by atoms with Gasteiger partial charge in [-0.3, -0.25) is 4.79 Å². The maximum Gasteiger partial charge on any atom is 0.273 e. The predicted molar refractivity (Wildman–Crippen MR) is 110 cm³/mol. The minimum atomic E-state index is -1.03.